The molecule has 136 valence electrons. The van der Waals surface area contributed by atoms with E-state index in [9.17, 15) is 4.79 Å². The van der Waals surface area contributed by atoms with Crippen LogP contribution in [0.1, 0.15) is 23.2 Å². The number of hydrogen-bond acceptors (Lipinski definition) is 5. The molecular weight excluding hydrogens is 354 g/mol. The molecular formula is C19H20ClN3O3. The van der Waals surface area contributed by atoms with Crippen molar-refractivity contribution >= 4 is 29.0 Å². The van der Waals surface area contributed by atoms with Gasteiger partial charge < -0.3 is 19.7 Å². The van der Waals surface area contributed by atoms with Gasteiger partial charge >= 0.3 is 0 Å². The highest BCUT2D eigenvalue weighted by atomic mass is 35.5. The van der Waals surface area contributed by atoms with Crippen LogP contribution in [0.3, 0.4) is 0 Å². The van der Waals surface area contributed by atoms with Gasteiger partial charge in [0.25, 0.3) is 5.91 Å². The van der Waals surface area contributed by atoms with Crippen LogP contribution in [0.15, 0.2) is 42.6 Å². The minimum absolute atomic E-state index is 0.174. The molecule has 1 N–H and O–H groups in total. The summed E-state index contributed by atoms with van der Waals surface area (Å²) in [5, 5.41) is 3.50. The van der Waals surface area contributed by atoms with Crippen LogP contribution in [0.5, 0.6) is 0 Å². The first-order chi connectivity index (χ1) is 12.6. The number of benzene rings is 1. The fraction of sp³-hybridized carbons (Fsp3) is 0.368. The predicted molar refractivity (Wildman–Crippen MR) is 99.7 cm³/mol. The molecule has 2 saturated heterocycles. The second kappa shape index (κ2) is 7.23. The minimum Gasteiger partial charge on any atom is -0.356 e. The van der Waals surface area contributed by atoms with Crippen LogP contribution in [0.4, 0.5) is 11.5 Å². The highest BCUT2D eigenvalue weighted by molar-refractivity contribution is 6.30. The number of carbonyl (C=O) groups excluding carboxylic acids is 1. The number of halogens is 1. The van der Waals surface area contributed by atoms with Crippen LogP contribution in [0.25, 0.3) is 0 Å². The van der Waals surface area contributed by atoms with Crippen molar-refractivity contribution in [3.05, 3.63) is 53.2 Å². The first-order valence-electron chi connectivity index (χ1n) is 8.69. The fourth-order valence-electron chi connectivity index (χ4n) is 3.33. The maximum atomic E-state index is 12.5. The number of anilines is 2. The lowest BCUT2D eigenvalue weighted by atomic mass is 10.0. The number of amides is 1. The second-order valence-electron chi connectivity index (χ2n) is 6.46. The van der Waals surface area contributed by atoms with Crippen LogP contribution in [0.2, 0.25) is 5.02 Å². The quantitative estimate of drug-likeness (QED) is 0.894. The summed E-state index contributed by atoms with van der Waals surface area (Å²) in [6.07, 6.45) is 3.27. The van der Waals surface area contributed by atoms with Crippen molar-refractivity contribution in [1.82, 2.24) is 4.98 Å². The number of hydrogen-bond donors (Lipinski definition) is 1. The zero-order valence-electron chi connectivity index (χ0n) is 14.3. The Balaban J connectivity index is 1.43. The van der Waals surface area contributed by atoms with E-state index >= 15 is 0 Å². The summed E-state index contributed by atoms with van der Waals surface area (Å²) >= 11 is 5.87. The Morgan fingerprint density at radius 2 is 1.81 bits per heavy atom. The summed E-state index contributed by atoms with van der Waals surface area (Å²) in [5.74, 6) is 0.202. The zero-order chi connectivity index (χ0) is 18.0. The summed E-state index contributed by atoms with van der Waals surface area (Å²) in [7, 11) is 0. The van der Waals surface area contributed by atoms with Gasteiger partial charge in [0.05, 0.1) is 13.2 Å². The Hall–Kier alpha value is -2.15. The second-order valence-corrected chi connectivity index (χ2v) is 6.89. The van der Waals surface area contributed by atoms with Gasteiger partial charge in [0, 0.05) is 48.4 Å². The van der Waals surface area contributed by atoms with E-state index in [-0.39, 0.29) is 5.91 Å². The Labute approximate surface area is 157 Å². The number of pyridine rings is 1. The number of rotatable bonds is 3. The van der Waals surface area contributed by atoms with E-state index in [1.165, 1.54) is 0 Å². The maximum Gasteiger partial charge on any atom is 0.255 e. The monoisotopic (exact) mass is 373 g/mol. The van der Waals surface area contributed by atoms with Crippen LogP contribution < -0.4 is 10.2 Å². The zero-order valence-corrected chi connectivity index (χ0v) is 15.0. The average Bonchev–Trinajstić information content (AvgIpc) is 3.12. The van der Waals surface area contributed by atoms with Gasteiger partial charge in [-0.1, -0.05) is 11.6 Å². The molecule has 0 unspecified atom stereocenters. The molecule has 7 heteroatoms. The molecule has 26 heavy (non-hydrogen) atoms. The topological polar surface area (TPSA) is 63.7 Å². The van der Waals surface area contributed by atoms with Crippen molar-refractivity contribution in [2.24, 2.45) is 0 Å². The Kier molecular flexibility index (Phi) is 4.80. The van der Waals surface area contributed by atoms with Gasteiger partial charge in [-0.25, -0.2) is 4.98 Å². The van der Waals surface area contributed by atoms with E-state index < -0.39 is 5.79 Å². The number of nitrogens with one attached hydrogen (secondary N) is 1. The summed E-state index contributed by atoms with van der Waals surface area (Å²) < 4.78 is 11.5. The maximum absolute atomic E-state index is 12.5. The molecule has 0 aliphatic carbocycles. The van der Waals surface area contributed by atoms with Crippen LogP contribution >= 0.6 is 11.6 Å². The number of piperidine rings is 1. The first-order valence-corrected chi connectivity index (χ1v) is 9.07. The lowest BCUT2D eigenvalue weighted by Crippen LogP contribution is -2.45. The van der Waals surface area contributed by atoms with Crippen molar-refractivity contribution in [2.75, 3.05) is 36.5 Å². The van der Waals surface area contributed by atoms with Crippen molar-refractivity contribution < 1.29 is 14.3 Å². The smallest absolute Gasteiger partial charge is 0.255 e. The van der Waals surface area contributed by atoms with Gasteiger partial charge in [0.2, 0.25) is 0 Å². The molecule has 4 rings (SSSR count). The SMILES string of the molecule is O=C(Nc1ccc(Cl)cc1)c1ccnc(N2CCC3(CC2)OCCO3)c1. The van der Waals surface area contributed by atoms with E-state index in [1.807, 2.05) is 6.07 Å². The number of aromatic nitrogens is 1. The van der Waals surface area contributed by atoms with Gasteiger partial charge in [-0.3, -0.25) is 4.79 Å². The van der Waals surface area contributed by atoms with E-state index in [1.54, 1.807) is 36.5 Å². The Morgan fingerprint density at radius 3 is 2.50 bits per heavy atom. The molecule has 0 radical (unpaired) electrons. The molecule has 2 aliphatic rings. The predicted octanol–water partition coefficient (Wildman–Crippen LogP) is 3.33. The van der Waals surface area contributed by atoms with Gasteiger partial charge in [0.1, 0.15) is 5.82 Å². The summed E-state index contributed by atoms with van der Waals surface area (Å²) in [6.45, 7) is 2.90. The average molecular weight is 374 g/mol. The molecule has 1 aromatic heterocycles. The van der Waals surface area contributed by atoms with E-state index in [0.717, 1.165) is 31.7 Å². The third-order valence-electron chi connectivity index (χ3n) is 4.77. The summed E-state index contributed by atoms with van der Waals surface area (Å²) in [5.41, 5.74) is 1.27. The van der Waals surface area contributed by atoms with Gasteiger partial charge in [-0.05, 0) is 36.4 Å². The highest BCUT2D eigenvalue weighted by Crippen LogP contribution is 2.32. The largest absolute Gasteiger partial charge is 0.356 e. The molecule has 3 heterocycles. The van der Waals surface area contributed by atoms with Crippen LogP contribution in [-0.2, 0) is 9.47 Å². The Morgan fingerprint density at radius 1 is 1.12 bits per heavy atom. The standard InChI is InChI=1S/C19H20ClN3O3/c20-15-1-3-16(4-2-15)22-18(24)14-5-8-21-17(13-14)23-9-6-19(7-10-23)25-11-12-26-19/h1-5,8,13H,6-7,9-12H2,(H,22,24). The number of ether oxygens (including phenoxy) is 2. The van der Waals surface area contributed by atoms with Gasteiger partial charge in [-0.15, -0.1) is 0 Å². The third-order valence-corrected chi connectivity index (χ3v) is 5.02. The third kappa shape index (κ3) is 3.67. The molecule has 2 aliphatic heterocycles. The van der Waals surface area contributed by atoms with Crippen molar-refractivity contribution in [2.45, 2.75) is 18.6 Å². The Bertz CT molecular complexity index is 781. The summed E-state index contributed by atoms with van der Waals surface area (Å²) in [6, 6.07) is 10.6. The molecule has 1 amide bonds. The molecule has 6 nitrogen and oxygen atoms in total. The minimum atomic E-state index is -0.417. The lowest BCUT2D eigenvalue weighted by Gasteiger charge is -2.38. The van der Waals surface area contributed by atoms with E-state index in [2.05, 4.69) is 15.2 Å². The van der Waals surface area contributed by atoms with Crippen molar-refractivity contribution in [3.8, 4) is 0 Å². The number of carbonyl (C=O) groups is 1. The van der Waals surface area contributed by atoms with Gasteiger partial charge in [0.15, 0.2) is 5.79 Å². The highest BCUT2D eigenvalue weighted by Gasteiger charge is 2.40. The van der Waals surface area contributed by atoms with Crippen LogP contribution in [0, 0.1) is 0 Å². The molecule has 2 fully saturated rings. The fourth-order valence-corrected chi connectivity index (χ4v) is 3.46. The molecule has 0 bridgehead atoms. The number of nitrogens with zero attached hydrogens (tertiary/aromatic N) is 2. The van der Waals surface area contributed by atoms with Gasteiger partial charge in [-0.2, -0.15) is 0 Å². The first kappa shape index (κ1) is 17.3. The van der Waals surface area contributed by atoms with Crippen molar-refractivity contribution in [1.29, 1.82) is 0 Å². The lowest BCUT2D eigenvalue weighted by molar-refractivity contribution is -0.169. The molecule has 1 aromatic carbocycles. The molecule has 1 spiro atoms. The molecule has 0 saturated carbocycles. The van der Waals surface area contributed by atoms with Crippen LogP contribution in [-0.4, -0.2) is 43.0 Å². The molecule has 0 atom stereocenters. The van der Waals surface area contributed by atoms with E-state index in [4.69, 9.17) is 21.1 Å². The van der Waals surface area contributed by atoms with Crippen molar-refractivity contribution in [3.63, 3.8) is 0 Å². The molecule has 2 aromatic rings. The van der Waals surface area contributed by atoms with E-state index in [0.29, 0.717) is 29.5 Å². The summed E-state index contributed by atoms with van der Waals surface area (Å²) in [4.78, 5) is 19.1. The normalized spacial score (nSPS) is 18.9.